The SMILES string of the molecule is O.O=S(=O)(O)O.O=S(=O)(O)O.OO.[KH]. The van der Waals surface area contributed by atoms with E-state index in [4.69, 9.17) is 45.6 Å². The zero-order valence-electron chi connectivity index (χ0n) is 5.63. The third-order valence-corrected chi connectivity index (χ3v) is 0. The monoisotopic (exact) mass is 288 g/mol. The van der Waals surface area contributed by atoms with Gasteiger partial charge in [-0.3, -0.25) is 28.7 Å². The second-order valence-electron chi connectivity index (χ2n) is 0.896. The molecule has 0 aromatic carbocycles. The molecule has 8 N–H and O–H groups in total. The van der Waals surface area contributed by atoms with Crippen molar-refractivity contribution in [2.24, 2.45) is 0 Å². The van der Waals surface area contributed by atoms with E-state index >= 15 is 0 Å². The second kappa shape index (κ2) is 14.3. The van der Waals surface area contributed by atoms with Gasteiger partial charge in [-0.05, 0) is 0 Å². The van der Waals surface area contributed by atoms with Crippen molar-refractivity contribution in [3.8, 4) is 0 Å². The topological polar surface area (TPSA) is 221 Å². The van der Waals surface area contributed by atoms with Crippen LogP contribution in [0.3, 0.4) is 0 Å². The molecule has 0 fully saturated rings. The zero-order chi connectivity index (χ0) is 11.0. The molecule has 11 nitrogen and oxygen atoms in total. The molecule has 0 saturated heterocycles. The first-order chi connectivity index (χ1) is 5.00. The van der Waals surface area contributed by atoms with E-state index in [1.54, 1.807) is 0 Å². The van der Waals surface area contributed by atoms with Crippen LogP contribution in [0, 0.1) is 0 Å². The molecular weight excluding hydrogens is 279 g/mol. The normalized spacial score (nSPS) is 8.71. The first-order valence-corrected chi connectivity index (χ1v) is 4.39. The van der Waals surface area contributed by atoms with Crippen molar-refractivity contribution in [2.75, 3.05) is 0 Å². The molecule has 0 radical (unpaired) electrons. The molecule has 0 aliphatic heterocycles. The van der Waals surface area contributed by atoms with Crippen molar-refractivity contribution in [3.05, 3.63) is 0 Å². The van der Waals surface area contributed by atoms with E-state index < -0.39 is 20.8 Å². The molecule has 0 heterocycles. The molecule has 88 valence electrons. The third kappa shape index (κ3) is 1260. The second-order valence-corrected chi connectivity index (χ2v) is 2.69. The van der Waals surface area contributed by atoms with Crippen LogP contribution in [0.2, 0.25) is 0 Å². The molecule has 0 atom stereocenters. The first kappa shape index (κ1) is 29.5. The third-order valence-electron chi connectivity index (χ3n) is 0. The summed E-state index contributed by atoms with van der Waals surface area (Å²) in [5.74, 6) is 0. The average molecular weight is 288 g/mol. The first-order valence-electron chi connectivity index (χ1n) is 1.60. The van der Waals surface area contributed by atoms with Crippen LogP contribution in [-0.4, -0.2) is 102 Å². The van der Waals surface area contributed by atoms with Crippen molar-refractivity contribution in [2.45, 2.75) is 0 Å². The Kier molecular flexibility index (Phi) is 30.0. The Morgan fingerprint density at radius 3 is 0.643 bits per heavy atom. The minimum absolute atomic E-state index is 0. The van der Waals surface area contributed by atoms with Gasteiger partial charge >= 0.3 is 72.2 Å². The van der Waals surface area contributed by atoms with E-state index in [0.29, 0.717) is 0 Å². The fourth-order valence-electron chi connectivity index (χ4n) is 0. The van der Waals surface area contributed by atoms with Gasteiger partial charge in [0, 0.05) is 0 Å². The van der Waals surface area contributed by atoms with Crippen molar-refractivity contribution in [1.29, 1.82) is 0 Å². The summed E-state index contributed by atoms with van der Waals surface area (Å²) >= 11 is 0. The van der Waals surface area contributed by atoms with Crippen LogP contribution in [-0.2, 0) is 20.8 Å². The molecule has 0 rings (SSSR count). The molecule has 0 aromatic rings. The molecular formula is H9KO11S2. The van der Waals surface area contributed by atoms with Crippen molar-refractivity contribution in [3.63, 3.8) is 0 Å². The van der Waals surface area contributed by atoms with Crippen molar-refractivity contribution in [1.82, 2.24) is 0 Å². The fraction of sp³-hybridized carbons (Fsp3) is 0. The Morgan fingerprint density at radius 2 is 0.643 bits per heavy atom. The maximum absolute atomic E-state index is 8.74. The Labute approximate surface area is 122 Å². The van der Waals surface area contributed by atoms with Crippen molar-refractivity contribution < 1.29 is 51.0 Å². The van der Waals surface area contributed by atoms with Crippen LogP contribution in [0.1, 0.15) is 0 Å². The summed E-state index contributed by atoms with van der Waals surface area (Å²) in [7, 11) is -9.33. The Balaban J connectivity index is -0.0000000292. The van der Waals surface area contributed by atoms with Gasteiger partial charge in [0.25, 0.3) is 0 Å². The van der Waals surface area contributed by atoms with Crippen LogP contribution >= 0.6 is 0 Å². The van der Waals surface area contributed by atoms with E-state index in [1.807, 2.05) is 0 Å². The Morgan fingerprint density at radius 1 is 0.643 bits per heavy atom. The van der Waals surface area contributed by atoms with Gasteiger partial charge in [0.15, 0.2) is 0 Å². The summed E-state index contributed by atoms with van der Waals surface area (Å²) in [6, 6.07) is 0. The predicted octanol–water partition coefficient (Wildman–Crippen LogP) is -2.76. The van der Waals surface area contributed by atoms with E-state index in [-0.39, 0.29) is 56.9 Å². The molecule has 0 spiro atoms. The molecule has 0 aliphatic rings. The van der Waals surface area contributed by atoms with Gasteiger partial charge in [0.05, 0.1) is 0 Å². The summed E-state index contributed by atoms with van der Waals surface area (Å²) in [5, 5.41) is 12.0. The molecule has 14 heteroatoms. The fourth-order valence-corrected chi connectivity index (χ4v) is 0. The molecule has 0 unspecified atom stereocenters. The van der Waals surface area contributed by atoms with Gasteiger partial charge in [-0.1, -0.05) is 0 Å². The van der Waals surface area contributed by atoms with Crippen LogP contribution in [0.5, 0.6) is 0 Å². The van der Waals surface area contributed by atoms with Gasteiger partial charge < -0.3 is 5.48 Å². The number of rotatable bonds is 0. The van der Waals surface area contributed by atoms with E-state index in [9.17, 15) is 0 Å². The van der Waals surface area contributed by atoms with Gasteiger partial charge in [-0.2, -0.15) is 16.8 Å². The van der Waals surface area contributed by atoms with Crippen LogP contribution < -0.4 is 0 Å². The van der Waals surface area contributed by atoms with Crippen LogP contribution in [0.15, 0.2) is 0 Å². The summed E-state index contributed by atoms with van der Waals surface area (Å²) in [4.78, 5) is 0. The summed E-state index contributed by atoms with van der Waals surface area (Å²) in [6.45, 7) is 0. The molecule has 0 aliphatic carbocycles. The molecule has 14 heavy (non-hydrogen) atoms. The van der Waals surface area contributed by atoms with Gasteiger partial charge in [-0.25, -0.2) is 0 Å². The molecule has 0 bridgehead atoms. The standard InChI is InChI=1S/K.2H2O4S.H2O2.H2O.H/c;2*1-5(2,3)4;1-2;;/h;2*(H2,1,2,3,4);1-2H;1H2;. The summed E-state index contributed by atoms with van der Waals surface area (Å²) in [6.07, 6.45) is 0. The molecule has 0 amide bonds. The van der Waals surface area contributed by atoms with Crippen LogP contribution in [0.25, 0.3) is 0 Å². The van der Waals surface area contributed by atoms with Crippen LogP contribution in [0.4, 0.5) is 0 Å². The molecule has 0 aromatic heterocycles. The maximum atomic E-state index is 8.74. The van der Waals surface area contributed by atoms with Crippen molar-refractivity contribution >= 4 is 72.2 Å². The number of hydrogen-bond acceptors (Lipinski definition) is 6. The van der Waals surface area contributed by atoms with Gasteiger partial charge in [0.1, 0.15) is 0 Å². The van der Waals surface area contributed by atoms with E-state index in [0.717, 1.165) is 0 Å². The van der Waals surface area contributed by atoms with Gasteiger partial charge in [0.2, 0.25) is 0 Å². The Hall–Kier alpha value is 1.26. The average Bonchev–Trinajstić information content (AvgIpc) is 1.59. The predicted molar refractivity (Wildman–Crippen MR) is 44.4 cm³/mol. The minimum atomic E-state index is -4.67. The van der Waals surface area contributed by atoms with E-state index in [1.165, 1.54) is 0 Å². The van der Waals surface area contributed by atoms with E-state index in [2.05, 4.69) is 0 Å². The molecule has 0 saturated carbocycles. The number of hydrogen-bond donors (Lipinski definition) is 6. The van der Waals surface area contributed by atoms with Gasteiger partial charge in [-0.15, -0.1) is 0 Å². The quantitative estimate of drug-likeness (QED) is 0.116. The zero-order valence-corrected chi connectivity index (χ0v) is 7.27. The Bertz CT molecular complexity index is 210. The summed E-state index contributed by atoms with van der Waals surface area (Å²) in [5.41, 5.74) is 0. The summed E-state index contributed by atoms with van der Waals surface area (Å²) < 4.78 is 63.2.